The summed E-state index contributed by atoms with van der Waals surface area (Å²) in [6.45, 7) is 0. The van der Waals surface area contributed by atoms with Crippen molar-refractivity contribution in [2.24, 2.45) is 0 Å². The summed E-state index contributed by atoms with van der Waals surface area (Å²) >= 11 is 3.10. The maximum atomic E-state index is 13.0. The van der Waals surface area contributed by atoms with Gasteiger partial charge in [0.15, 0.2) is 0 Å². The zero-order valence-corrected chi connectivity index (χ0v) is 15.2. The van der Waals surface area contributed by atoms with Crippen molar-refractivity contribution >= 4 is 32.0 Å². The normalized spacial score (nSPS) is 11.1. The predicted molar refractivity (Wildman–Crippen MR) is 93.8 cm³/mol. The molecule has 23 heavy (non-hydrogen) atoms. The van der Waals surface area contributed by atoms with Gasteiger partial charge >= 0.3 is 6.03 Å². The lowest BCUT2D eigenvalue weighted by Crippen LogP contribution is -2.42. The van der Waals surface area contributed by atoms with Crippen LogP contribution in [0.25, 0.3) is 11.1 Å². The summed E-state index contributed by atoms with van der Waals surface area (Å²) in [5, 5.41) is 0. The third-order valence-corrected chi connectivity index (χ3v) is 5.86. The van der Waals surface area contributed by atoms with Crippen molar-refractivity contribution in [3.63, 3.8) is 0 Å². The van der Waals surface area contributed by atoms with Crippen molar-refractivity contribution in [1.82, 2.24) is 9.21 Å². The van der Waals surface area contributed by atoms with E-state index in [0.29, 0.717) is 5.56 Å². The summed E-state index contributed by atoms with van der Waals surface area (Å²) in [5.41, 5.74) is 1.22. The number of carbonyl (C=O) groups excluding carboxylic acids is 1. The average Bonchev–Trinajstić information content (AvgIpc) is 2.56. The Labute approximate surface area is 144 Å². The highest BCUT2D eigenvalue weighted by molar-refractivity contribution is 9.09. The molecule has 0 saturated carbocycles. The molecule has 2 aromatic rings. The van der Waals surface area contributed by atoms with E-state index < -0.39 is 16.1 Å². The number of hydrogen-bond acceptors (Lipinski definition) is 3. The Morgan fingerprint density at radius 3 is 2.13 bits per heavy atom. The Morgan fingerprint density at radius 1 is 1.00 bits per heavy atom. The highest BCUT2D eigenvalue weighted by Gasteiger charge is 2.31. The molecule has 0 fully saturated rings. The van der Waals surface area contributed by atoms with E-state index >= 15 is 0 Å². The fraction of sp³-hybridized carbons (Fsp3) is 0.188. The molecule has 0 heterocycles. The lowest BCUT2D eigenvalue weighted by molar-refractivity contribution is 0.202. The van der Waals surface area contributed by atoms with Crippen LogP contribution in [0.5, 0.6) is 0 Å². The summed E-state index contributed by atoms with van der Waals surface area (Å²) in [6.07, 6.45) is 0. The third-order valence-electron chi connectivity index (χ3n) is 3.24. The quantitative estimate of drug-likeness (QED) is 0.587. The van der Waals surface area contributed by atoms with Gasteiger partial charge in [-0.25, -0.2) is 17.5 Å². The monoisotopic (exact) mass is 396 g/mol. The number of amides is 2. The van der Waals surface area contributed by atoms with Crippen LogP contribution >= 0.6 is 15.9 Å². The molecule has 2 aromatic carbocycles. The molecule has 0 spiro atoms. The van der Waals surface area contributed by atoms with Gasteiger partial charge in [0.05, 0.1) is 10.3 Å². The zero-order valence-electron chi connectivity index (χ0n) is 12.8. The van der Waals surface area contributed by atoms with Crippen molar-refractivity contribution in [3.05, 3.63) is 54.6 Å². The number of rotatable bonds is 4. The van der Waals surface area contributed by atoms with E-state index in [1.807, 2.05) is 30.3 Å². The Morgan fingerprint density at radius 2 is 1.57 bits per heavy atom. The Balaban J connectivity index is 2.59. The predicted octanol–water partition coefficient (Wildman–Crippen LogP) is 3.38. The smallest absolute Gasteiger partial charge is 0.330 e. The van der Waals surface area contributed by atoms with Crippen LogP contribution in [-0.4, -0.2) is 43.2 Å². The maximum Gasteiger partial charge on any atom is 0.334 e. The van der Waals surface area contributed by atoms with Crippen LogP contribution in [0, 0.1) is 0 Å². The van der Waals surface area contributed by atoms with E-state index in [4.69, 9.17) is 0 Å². The lowest BCUT2D eigenvalue weighted by atomic mass is 10.1. The minimum atomic E-state index is -3.98. The summed E-state index contributed by atoms with van der Waals surface area (Å²) in [6, 6.07) is 15.3. The van der Waals surface area contributed by atoms with Crippen LogP contribution in [0.4, 0.5) is 4.79 Å². The number of halogens is 1. The number of nitrogens with zero attached hydrogens (tertiary/aromatic N) is 2. The Hall–Kier alpha value is -1.86. The molecule has 7 heteroatoms. The first-order valence-corrected chi connectivity index (χ1v) is 9.40. The molecule has 0 aromatic heterocycles. The average molecular weight is 397 g/mol. The van der Waals surface area contributed by atoms with Gasteiger partial charge in [-0.15, -0.1) is 0 Å². The molecule has 0 N–H and O–H groups in total. The van der Waals surface area contributed by atoms with Crippen molar-refractivity contribution in [3.8, 4) is 11.1 Å². The van der Waals surface area contributed by atoms with E-state index in [0.717, 1.165) is 9.87 Å². The Bertz CT molecular complexity index is 792. The molecule has 2 amide bonds. The highest BCUT2D eigenvalue weighted by Crippen LogP contribution is 2.29. The molecule has 0 aliphatic carbocycles. The van der Waals surface area contributed by atoms with Gasteiger partial charge in [-0.05, 0) is 11.6 Å². The molecule has 0 unspecified atom stereocenters. The second-order valence-electron chi connectivity index (χ2n) is 5.01. The number of alkyl halides is 1. The molecule has 0 aliphatic rings. The molecular weight excluding hydrogens is 380 g/mol. The number of benzene rings is 2. The van der Waals surface area contributed by atoms with E-state index in [1.165, 1.54) is 25.1 Å². The highest BCUT2D eigenvalue weighted by atomic mass is 79.9. The molecule has 0 radical (unpaired) electrons. The number of sulfonamides is 1. The lowest BCUT2D eigenvalue weighted by Gasteiger charge is -2.24. The summed E-state index contributed by atoms with van der Waals surface area (Å²) < 4.78 is 26.7. The molecule has 0 aliphatic heterocycles. The number of carbonyl (C=O) groups is 1. The first-order valence-electron chi connectivity index (χ1n) is 6.84. The maximum absolute atomic E-state index is 13.0. The minimum absolute atomic E-state index is 0.0980. The minimum Gasteiger partial charge on any atom is -0.330 e. The topological polar surface area (TPSA) is 57.7 Å². The van der Waals surface area contributed by atoms with Crippen molar-refractivity contribution in [2.75, 3.05) is 19.5 Å². The van der Waals surface area contributed by atoms with E-state index in [-0.39, 0.29) is 10.3 Å². The van der Waals surface area contributed by atoms with Gasteiger partial charge < -0.3 is 4.90 Å². The van der Waals surface area contributed by atoms with Crippen molar-refractivity contribution in [2.45, 2.75) is 4.90 Å². The van der Waals surface area contributed by atoms with Gasteiger partial charge in [-0.1, -0.05) is 64.5 Å². The van der Waals surface area contributed by atoms with Crippen molar-refractivity contribution in [1.29, 1.82) is 0 Å². The van der Waals surface area contributed by atoms with Gasteiger partial charge in [0.2, 0.25) is 0 Å². The standard InChI is InChI=1S/C16H17BrN2O3S/c1-18(2)16(20)19(12-17)23(21,22)15-11-7-6-10-14(15)13-8-4-3-5-9-13/h3-11H,12H2,1-2H3. The molecule has 0 bridgehead atoms. The molecule has 5 nitrogen and oxygen atoms in total. The van der Waals surface area contributed by atoms with Crippen LogP contribution in [-0.2, 0) is 10.0 Å². The summed E-state index contributed by atoms with van der Waals surface area (Å²) in [4.78, 5) is 13.5. The van der Waals surface area contributed by atoms with Crippen LogP contribution < -0.4 is 0 Å². The fourth-order valence-corrected chi connectivity index (χ4v) is 4.58. The number of urea groups is 1. The van der Waals surface area contributed by atoms with Crippen LogP contribution in [0.1, 0.15) is 0 Å². The molecule has 122 valence electrons. The Kier molecular flexibility index (Phi) is 5.43. The fourth-order valence-electron chi connectivity index (χ4n) is 2.11. The second kappa shape index (κ2) is 7.14. The SMILES string of the molecule is CN(C)C(=O)N(CBr)S(=O)(=O)c1ccccc1-c1ccccc1. The van der Waals surface area contributed by atoms with Gasteiger partial charge in [0.25, 0.3) is 10.0 Å². The molecule has 2 rings (SSSR count). The summed E-state index contributed by atoms with van der Waals surface area (Å²) in [7, 11) is -0.958. The number of hydrogen-bond donors (Lipinski definition) is 0. The van der Waals surface area contributed by atoms with E-state index in [1.54, 1.807) is 18.2 Å². The third kappa shape index (κ3) is 3.56. The van der Waals surface area contributed by atoms with E-state index in [9.17, 15) is 13.2 Å². The van der Waals surface area contributed by atoms with Crippen LogP contribution in [0.2, 0.25) is 0 Å². The van der Waals surface area contributed by atoms with Gasteiger partial charge in [-0.2, -0.15) is 0 Å². The van der Waals surface area contributed by atoms with Crippen LogP contribution in [0.15, 0.2) is 59.5 Å². The second-order valence-corrected chi connectivity index (χ2v) is 7.34. The first kappa shape index (κ1) is 17.5. The molecular formula is C16H17BrN2O3S. The van der Waals surface area contributed by atoms with Crippen molar-refractivity contribution < 1.29 is 13.2 Å². The molecule has 0 saturated heterocycles. The van der Waals surface area contributed by atoms with Crippen LogP contribution in [0.3, 0.4) is 0 Å². The van der Waals surface area contributed by atoms with Gasteiger partial charge in [0.1, 0.15) is 0 Å². The van der Waals surface area contributed by atoms with E-state index in [2.05, 4.69) is 15.9 Å². The van der Waals surface area contributed by atoms with Gasteiger partial charge in [-0.3, -0.25) is 0 Å². The van der Waals surface area contributed by atoms with Gasteiger partial charge in [0, 0.05) is 19.7 Å². The first-order chi connectivity index (χ1) is 10.9. The zero-order chi connectivity index (χ0) is 17.0. The summed E-state index contributed by atoms with van der Waals surface area (Å²) in [5.74, 6) is 0. The largest absolute Gasteiger partial charge is 0.334 e. The molecule has 0 atom stereocenters.